The Balaban J connectivity index is 1.71. The monoisotopic (exact) mass is 347 g/mol. The highest BCUT2D eigenvalue weighted by Gasteiger charge is 2.16. The van der Waals surface area contributed by atoms with Gasteiger partial charge in [-0.25, -0.2) is 0 Å². The summed E-state index contributed by atoms with van der Waals surface area (Å²) in [5.41, 5.74) is 1.38. The Labute approximate surface area is 145 Å². The first-order valence-corrected chi connectivity index (χ1v) is 8.05. The van der Waals surface area contributed by atoms with Crippen molar-refractivity contribution in [1.82, 2.24) is 5.32 Å². The second-order valence-corrected chi connectivity index (χ2v) is 5.78. The Morgan fingerprint density at radius 3 is 2.92 bits per heavy atom. The zero-order valence-corrected chi connectivity index (χ0v) is 14.1. The van der Waals surface area contributed by atoms with Crippen molar-refractivity contribution in [1.29, 1.82) is 0 Å². The summed E-state index contributed by atoms with van der Waals surface area (Å²) in [6.07, 6.45) is 0.812. The van der Waals surface area contributed by atoms with Crippen molar-refractivity contribution < 1.29 is 19.0 Å². The molecular formula is C18H18ClNO4. The first-order valence-electron chi connectivity index (χ1n) is 7.67. The van der Waals surface area contributed by atoms with E-state index in [-0.39, 0.29) is 5.91 Å². The molecule has 0 saturated heterocycles. The average Bonchev–Trinajstić information content (AvgIpc) is 2.85. The van der Waals surface area contributed by atoms with Crippen LogP contribution in [0.2, 0.25) is 5.02 Å². The Hall–Kier alpha value is -2.40. The lowest BCUT2D eigenvalue weighted by Gasteiger charge is -2.12. The lowest BCUT2D eigenvalue weighted by atomic mass is 10.1. The number of methoxy groups -OCH3 is 1. The van der Waals surface area contributed by atoms with Crippen molar-refractivity contribution in [3.8, 4) is 17.2 Å². The summed E-state index contributed by atoms with van der Waals surface area (Å²) in [6.45, 7) is 1.51. The van der Waals surface area contributed by atoms with Gasteiger partial charge < -0.3 is 19.5 Å². The summed E-state index contributed by atoms with van der Waals surface area (Å²) in [7, 11) is 1.57. The summed E-state index contributed by atoms with van der Waals surface area (Å²) in [4.78, 5) is 12.3. The van der Waals surface area contributed by atoms with Crippen molar-refractivity contribution in [3.63, 3.8) is 0 Å². The van der Waals surface area contributed by atoms with Gasteiger partial charge in [0.25, 0.3) is 5.91 Å². The maximum absolute atomic E-state index is 12.3. The van der Waals surface area contributed by atoms with Crippen molar-refractivity contribution in [2.75, 3.05) is 20.3 Å². The van der Waals surface area contributed by atoms with Crippen LogP contribution < -0.4 is 19.5 Å². The van der Waals surface area contributed by atoms with Gasteiger partial charge in [-0.1, -0.05) is 17.7 Å². The molecule has 6 heteroatoms. The third-order valence-corrected chi connectivity index (χ3v) is 3.93. The molecule has 1 aliphatic rings. The maximum atomic E-state index is 12.3. The Kier molecular flexibility index (Phi) is 5.11. The van der Waals surface area contributed by atoms with E-state index in [1.54, 1.807) is 37.4 Å². The average molecular weight is 348 g/mol. The largest absolute Gasteiger partial charge is 0.497 e. The number of benzene rings is 2. The van der Waals surface area contributed by atoms with E-state index < -0.39 is 0 Å². The zero-order valence-electron chi connectivity index (χ0n) is 13.3. The van der Waals surface area contributed by atoms with Gasteiger partial charge in [-0.2, -0.15) is 0 Å². The number of rotatable bonds is 4. The van der Waals surface area contributed by atoms with Gasteiger partial charge in [0.2, 0.25) is 0 Å². The van der Waals surface area contributed by atoms with E-state index in [0.29, 0.717) is 47.6 Å². The number of nitrogens with one attached hydrogen (secondary N) is 1. The van der Waals surface area contributed by atoms with Gasteiger partial charge in [0.15, 0.2) is 11.5 Å². The third kappa shape index (κ3) is 3.74. The van der Waals surface area contributed by atoms with E-state index in [1.165, 1.54) is 0 Å². The predicted molar refractivity (Wildman–Crippen MR) is 91.2 cm³/mol. The molecule has 1 amide bonds. The minimum Gasteiger partial charge on any atom is -0.497 e. The Morgan fingerprint density at radius 1 is 1.25 bits per heavy atom. The maximum Gasteiger partial charge on any atom is 0.251 e. The molecular weight excluding hydrogens is 330 g/mol. The van der Waals surface area contributed by atoms with Gasteiger partial charge in [0, 0.05) is 18.5 Å². The molecule has 0 saturated carbocycles. The summed E-state index contributed by atoms with van der Waals surface area (Å²) in [6, 6.07) is 10.6. The molecule has 3 rings (SSSR count). The number of fused-ring (bicyclic) bond motifs is 1. The summed E-state index contributed by atoms with van der Waals surface area (Å²) in [5, 5.41) is 3.35. The third-order valence-electron chi connectivity index (χ3n) is 3.65. The van der Waals surface area contributed by atoms with Gasteiger partial charge in [-0.05, 0) is 35.9 Å². The topological polar surface area (TPSA) is 56.8 Å². The molecule has 1 N–H and O–H groups in total. The van der Waals surface area contributed by atoms with Crippen LogP contribution in [0.25, 0.3) is 0 Å². The van der Waals surface area contributed by atoms with E-state index in [2.05, 4.69) is 5.32 Å². The SMILES string of the molecule is COc1cccc(C(=O)NCc2cc(Cl)c3c(c2)OCCCO3)c1. The summed E-state index contributed by atoms with van der Waals surface area (Å²) in [5.74, 6) is 1.64. The van der Waals surface area contributed by atoms with Gasteiger partial charge in [0.1, 0.15) is 5.75 Å². The second-order valence-electron chi connectivity index (χ2n) is 5.37. The number of carbonyl (C=O) groups excluding carboxylic acids is 1. The van der Waals surface area contributed by atoms with Gasteiger partial charge in [0.05, 0.1) is 25.3 Å². The highest BCUT2D eigenvalue weighted by molar-refractivity contribution is 6.32. The summed E-state index contributed by atoms with van der Waals surface area (Å²) >= 11 is 6.26. The van der Waals surface area contributed by atoms with Crippen molar-refractivity contribution in [2.24, 2.45) is 0 Å². The summed E-state index contributed by atoms with van der Waals surface area (Å²) < 4.78 is 16.4. The van der Waals surface area contributed by atoms with E-state index >= 15 is 0 Å². The number of ether oxygens (including phenoxy) is 3. The van der Waals surface area contributed by atoms with Crippen molar-refractivity contribution in [3.05, 3.63) is 52.5 Å². The standard InChI is InChI=1S/C18H18ClNO4/c1-22-14-5-2-4-13(10-14)18(21)20-11-12-8-15(19)17-16(9-12)23-6-3-7-24-17/h2,4-5,8-10H,3,6-7,11H2,1H3,(H,20,21). The molecule has 0 unspecified atom stereocenters. The lowest BCUT2D eigenvalue weighted by molar-refractivity contribution is 0.0950. The van der Waals surface area contributed by atoms with Crippen LogP contribution in [0.1, 0.15) is 22.3 Å². The fourth-order valence-electron chi connectivity index (χ4n) is 2.43. The molecule has 0 fully saturated rings. The van der Waals surface area contributed by atoms with Crippen LogP contribution in [0, 0.1) is 0 Å². The molecule has 0 bridgehead atoms. The van der Waals surface area contributed by atoms with Crippen LogP contribution in [-0.2, 0) is 6.54 Å². The van der Waals surface area contributed by atoms with Crippen molar-refractivity contribution in [2.45, 2.75) is 13.0 Å². The molecule has 0 radical (unpaired) electrons. The van der Waals surface area contributed by atoms with Crippen LogP contribution in [0.15, 0.2) is 36.4 Å². The Bertz CT molecular complexity index is 748. The first kappa shape index (κ1) is 16.5. The lowest BCUT2D eigenvalue weighted by Crippen LogP contribution is -2.22. The highest BCUT2D eigenvalue weighted by Crippen LogP contribution is 2.37. The number of hydrogen-bond donors (Lipinski definition) is 1. The molecule has 0 aromatic heterocycles. The number of carbonyl (C=O) groups is 1. The molecule has 24 heavy (non-hydrogen) atoms. The zero-order chi connectivity index (χ0) is 16.9. The van der Waals surface area contributed by atoms with Crippen LogP contribution in [-0.4, -0.2) is 26.2 Å². The molecule has 0 aliphatic carbocycles. The Morgan fingerprint density at radius 2 is 2.08 bits per heavy atom. The quantitative estimate of drug-likeness (QED) is 0.920. The molecule has 2 aromatic carbocycles. The van der Waals surface area contributed by atoms with E-state index in [1.807, 2.05) is 6.07 Å². The molecule has 1 heterocycles. The van der Waals surface area contributed by atoms with Gasteiger partial charge >= 0.3 is 0 Å². The first-order chi connectivity index (χ1) is 11.7. The fraction of sp³-hybridized carbons (Fsp3) is 0.278. The number of hydrogen-bond acceptors (Lipinski definition) is 4. The van der Waals surface area contributed by atoms with Crippen LogP contribution >= 0.6 is 11.6 Å². The predicted octanol–water partition coefficient (Wildman–Crippen LogP) is 3.44. The van der Waals surface area contributed by atoms with Crippen LogP contribution in [0.3, 0.4) is 0 Å². The molecule has 2 aromatic rings. The molecule has 126 valence electrons. The molecule has 5 nitrogen and oxygen atoms in total. The number of halogens is 1. The highest BCUT2D eigenvalue weighted by atomic mass is 35.5. The number of amides is 1. The normalized spacial score (nSPS) is 13.1. The fourth-order valence-corrected chi connectivity index (χ4v) is 2.72. The van der Waals surface area contributed by atoms with E-state index in [4.69, 9.17) is 25.8 Å². The molecule has 1 aliphatic heterocycles. The minimum absolute atomic E-state index is 0.183. The molecule has 0 spiro atoms. The second kappa shape index (κ2) is 7.45. The van der Waals surface area contributed by atoms with Gasteiger partial charge in [-0.15, -0.1) is 0 Å². The van der Waals surface area contributed by atoms with Crippen LogP contribution in [0.4, 0.5) is 0 Å². The van der Waals surface area contributed by atoms with Gasteiger partial charge in [-0.3, -0.25) is 4.79 Å². The minimum atomic E-state index is -0.183. The van der Waals surface area contributed by atoms with E-state index in [9.17, 15) is 4.79 Å². The molecule has 0 atom stereocenters. The smallest absolute Gasteiger partial charge is 0.251 e. The van der Waals surface area contributed by atoms with E-state index in [0.717, 1.165) is 12.0 Å². The van der Waals surface area contributed by atoms with Crippen LogP contribution in [0.5, 0.6) is 17.2 Å². The van der Waals surface area contributed by atoms with Crippen molar-refractivity contribution >= 4 is 17.5 Å².